The summed E-state index contributed by atoms with van der Waals surface area (Å²) < 4.78 is 1.87. The summed E-state index contributed by atoms with van der Waals surface area (Å²) >= 11 is 0. The lowest BCUT2D eigenvalue weighted by atomic mass is 10.1. The number of carbonyl (C=O) groups is 1. The van der Waals surface area contributed by atoms with Gasteiger partial charge < -0.3 is 11.5 Å². The summed E-state index contributed by atoms with van der Waals surface area (Å²) in [5, 5.41) is 4.43. The highest BCUT2D eigenvalue weighted by Gasteiger charge is 2.33. The highest BCUT2D eigenvalue weighted by Crippen LogP contribution is 2.42. The van der Waals surface area contributed by atoms with E-state index in [0.717, 1.165) is 30.6 Å². The molecular formula is C16H19N5O. The molecule has 1 fully saturated rings. The first-order chi connectivity index (χ1) is 10.6. The molecular weight excluding hydrogens is 278 g/mol. The summed E-state index contributed by atoms with van der Waals surface area (Å²) in [4.78, 5) is 15.9. The van der Waals surface area contributed by atoms with Crippen LogP contribution in [0.15, 0.2) is 35.5 Å². The first kappa shape index (κ1) is 14.3. The van der Waals surface area contributed by atoms with Crippen LogP contribution in [0.1, 0.15) is 47.3 Å². The number of aryl methyl sites for hydroxylation is 1. The Morgan fingerprint density at radius 3 is 2.73 bits per heavy atom. The van der Waals surface area contributed by atoms with Gasteiger partial charge in [0.15, 0.2) is 5.96 Å². The van der Waals surface area contributed by atoms with Crippen molar-refractivity contribution in [2.45, 2.75) is 32.1 Å². The van der Waals surface area contributed by atoms with Crippen LogP contribution in [0.25, 0.3) is 5.69 Å². The highest BCUT2D eigenvalue weighted by atomic mass is 16.1. The zero-order chi connectivity index (χ0) is 15.7. The quantitative estimate of drug-likeness (QED) is 0.663. The number of hydrogen-bond acceptors (Lipinski definition) is 2. The number of amides is 1. The molecule has 3 rings (SSSR count). The van der Waals surface area contributed by atoms with Crippen molar-refractivity contribution in [1.82, 2.24) is 9.78 Å². The smallest absolute Gasteiger partial charge is 0.283 e. The van der Waals surface area contributed by atoms with Crippen LogP contribution in [0.2, 0.25) is 0 Å². The van der Waals surface area contributed by atoms with Gasteiger partial charge in [0.05, 0.1) is 23.1 Å². The lowest BCUT2D eigenvalue weighted by Gasteiger charge is -2.11. The molecule has 0 aliphatic heterocycles. The van der Waals surface area contributed by atoms with Crippen LogP contribution in [-0.2, 0) is 6.42 Å². The molecule has 2 aromatic rings. The number of aliphatic imine (C=N–C) groups is 1. The maximum absolute atomic E-state index is 12.2. The van der Waals surface area contributed by atoms with Crippen molar-refractivity contribution in [3.63, 3.8) is 0 Å². The number of benzene rings is 1. The minimum atomic E-state index is -0.429. The van der Waals surface area contributed by atoms with Crippen LogP contribution in [0.5, 0.6) is 0 Å². The molecule has 0 atom stereocenters. The molecule has 1 saturated carbocycles. The average Bonchev–Trinajstić information content (AvgIpc) is 3.24. The Balaban J connectivity index is 2.12. The number of nitrogens with zero attached hydrogens (tertiary/aromatic N) is 3. The molecule has 0 unspecified atom stereocenters. The average molecular weight is 297 g/mol. The Morgan fingerprint density at radius 1 is 1.36 bits per heavy atom. The summed E-state index contributed by atoms with van der Waals surface area (Å²) in [6.07, 6.45) is 4.58. The highest BCUT2D eigenvalue weighted by molar-refractivity contribution is 6.02. The lowest BCUT2D eigenvalue weighted by molar-refractivity contribution is 0.100. The topological polar surface area (TPSA) is 99.3 Å². The monoisotopic (exact) mass is 297 g/mol. The van der Waals surface area contributed by atoms with Crippen LogP contribution in [0.4, 0.5) is 0 Å². The zero-order valence-electron chi connectivity index (χ0n) is 12.5. The molecule has 0 saturated heterocycles. The van der Waals surface area contributed by atoms with Gasteiger partial charge in [-0.15, -0.1) is 0 Å². The van der Waals surface area contributed by atoms with Crippen LogP contribution in [0, 0.1) is 0 Å². The predicted octanol–water partition coefficient (Wildman–Crippen LogP) is 1.73. The van der Waals surface area contributed by atoms with E-state index in [2.05, 4.69) is 23.1 Å². The van der Waals surface area contributed by atoms with Gasteiger partial charge in [0, 0.05) is 5.92 Å². The van der Waals surface area contributed by atoms with Crippen molar-refractivity contribution < 1.29 is 4.79 Å². The van der Waals surface area contributed by atoms with Gasteiger partial charge in [0.2, 0.25) is 0 Å². The Hall–Kier alpha value is -2.63. The fourth-order valence-corrected chi connectivity index (χ4v) is 2.66. The molecule has 1 aliphatic rings. The fraction of sp³-hybridized carbons (Fsp3) is 0.312. The van der Waals surface area contributed by atoms with Gasteiger partial charge in [-0.2, -0.15) is 10.1 Å². The number of nitrogens with two attached hydrogens (primary N) is 2. The number of aromatic nitrogens is 2. The molecule has 6 nitrogen and oxygen atoms in total. The van der Waals surface area contributed by atoms with Crippen molar-refractivity contribution in [1.29, 1.82) is 0 Å². The van der Waals surface area contributed by atoms with Gasteiger partial charge in [-0.1, -0.05) is 25.1 Å². The molecule has 22 heavy (non-hydrogen) atoms. The molecule has 114 valence electrons. The molecule has 0 bridgehead atoms. The molecule has 1 aromatic heterocycles. The SMILES string of the molecule is CCc1ccccc1-n1ncc(C(=O)N=C(N)N)c1C1CC1. The standard InChI is InChI=1S/C16H19N5O/c1-2-10-5-3-4-6-13(10)21-14(11-7-8-11)12(9-19-21)15(22)20-16(17)18/h3-6,9,11H,2,7-8H2,1H3,(H4,17,18,20,22). The molecule has 0 spiro atoms. The number of rotatable bonds is 4. The molecule has 6 heteroatoms. The maximum Gasteiger partial charge on any atom is 0.283 e. The van der Waals surface area contributed by atoms with E-state index < -0.39 is 5.91 Å². The third kappa shape index (κ3) is 2.59. The summed E-state index contributed by atoms with van der Waals surface area (Å²) in [6.45, 7) is 2.10. The zero-order valence-corrected chi connectivity index (χ0v) is 12.5. The Morgan fingerprint density at radius 2 is 2.09 bits per heavy atom. The number of para-hydroxylation sites is 1. The van der Waals surface area contributed by atoms with E-state index in [-0.39, 0.29) is 5.96 Å². The van der Waals surface area contributed by atoms with Crippen LogP contribution in [0.3, 0.4) is 0 Å². The molecule has 4 N–H and O–H groups in total. The van der Waals surface area contributed by atoms with E-state index in [1.54, 1.807) is 6.20 Å². The van der Waals surface area contributed by atoms with Crippen molar-refractivity contribution in [3.05, 3.63) is 47.3 Å². The van der Waals surface area contributed by atoms with E-state index in [0.29, 0.717) is 11.5 Å². The molecule has 1 amide bonds. The van der Waals surface area contributed by atoms with Crippen molar-refractivity contribution >= 4 is 11.9 Å². The normalized spacial score (nSPS) is 13.9. The van der Waals surface area contributed by atoms with E-state index in [9.17, 15) is 4.79 Å². The Kier molecular flexibility index (Phi) is 3.66. The van der Waals surface area contributed by atoms with Crippen molar-refractivity contribution in [3.8, 4) is 5.69 Å². The van der Waals surface area contributed by atoms with Gasteiger partial charge in [-0.25, -0.2) is 4.68 Å². The third-order valence-electron chi connectivity index (χ3n) is 3.83. The molecule has 0 radical (unpaired) electrons. The van der Waals surface area contributed by atoms with Gasteiger partial charge in [0.1, 0.15) is 0 Å². The van der Waals surface area contributed by atoms with E-state index >= 15 is 0 Å². The predicted molar refractivity (Wildman–Crippen MR) is 85.1 cm³/mol. The number of carbonyl (C=O) groups excluding carboxylic acids is 1. The van der Waals surface area contributed by atoms with Crippen molar-refractivity contribution in [2.24, 2.45) is 16.5 Å². The lowest BCUT2D eigenvalue weighted by Crippen LogP contribution is -2.24. The van der Waals surface area contributed by atoms with Crippen LogP contribution >= 0.6 is 0 Å². The van der Waals surface area contributed by atoms with Gasteiger partial charge in [-0.05, 0) is 30.9 Å². The van der Waals surface area contributed by atoms with Gasteiger partial charge in [-0.3, -0.25) is 4.79 Å². The second kappa shape index (κ2) is 5.63. The Bertz CT molecular complexity index is 739. The number of hydrogen-bond donors (Lipinski definition) is 2. The summed E-state index contributed by atoms with van der Waals surface area (Å²) in [5.74, 6) is -0.309. The van der Waals surface area contributed by atoms with Crippen molar-refractivity contribution in [2.75, 3.05) is 0 Å². The maximum atomic E-state index is 12.2. The Labute approximate surface area is 128 Å². The number of guanidine groups is 1. The minimum Gasteiger partial charge on any atom is -0.370 e. The van der Waals surface area contributed by atoms with Gasteiger partial charge >= 0.3 is 0 Å². The van der Waals surface area contributed by atoms with E-state index in [1.807, 2.05) is 22.9 Å². The van der Waals surface area contributed by atoms with Gasteiger partial charge in [0.25, 0.3) is 5.91 Å². The summed E-state index contributed by atoms with van der Waals surface area (Å²) in [7, 11) is 0. The first-order valence-corrected chi connectivity index (χ1v) is 7.42. The van der Waals surface area contributed by atoms with E-state index in [1.165, 1.54) is 5.56 Å². The first-order valence-electron chi connectivity index (χ1n) is 7.42. The fourth-order valence-electron chi connectivity index (χ4n) is 2.66. The van der Waals surface area contributed by atoms with Crippen LogP contribution in [-0.4, -0.2) is 21.6 Å². The molecule has 1 heterocycles. The second-order valence-corrected chi connectivity index (χ2v) is 5.45. The minimum absolute atomic E-state index is 0.228. The largest absolute Gasteiger partial charge is 0.370 e. The molecule has 1 aromatic carbocycles. The summed E-state index contributed by atoms with van der Waals surface area (Å²) in [6, 6.07) is 8.08. The van der Waals surface area contributed by atoms with Crippen LogP contribution < -0.4 is 11.5 Å². The molecule has 1 aliphatic carbocycles. The van der Waals surface area contributed by atoms with E-state index in [4.69, 9.17) is 11.5 Å². The third-order valence-corrected chi connectivity index (χ3v) is 3.83. The second-order valence-electron chi connectivity index (χ2n) is 5.45. The summed E-state index contributed by atoms with van der Waals surface area (Å²) in [5.41, 5.74) is 14.2.